The Kier molecular flexibility index (Phi) is 3.67. The molecule has 0 saturated heterocycles. The molecular formula is C19H14O3S. The van der Waals surface area contributed by atoms with E-state index in [-0.39, 0.29) is 0 Å². The van der Waals surface area contributed by atoms with Crippen molar-refractivity contribution in [1.29, 1.82) is 0 Å². The molecule has 0 unspecified atom stereocenters. The van der Waals surface area contributed by atoms with E-state index in [1.165, 1.54) is 0 Å². The van der Waals surface area contributed by atoms with Crippen molar-refractivity contribution in [1.82, 2.24) is 0 Å². The number of hydrogen-bond donors (Lipinski definition) is 0. The summed E-state index contributed by atoms with van der Waals surface area (Å²) < 4.78 is 11.2. The van der Waals surface area contributed by atoms with Crippen LogP contribution in [0, 0.1) is 0 Å². The van der Waals surface area contributed by atoms with Crippen molar-refractivity contribution in [2.45, 2.75) is 9.79 Å². The molecule has 0 amide bonds. The van der Waals surface area contributed by atoms with Gasteiger partial charge in [0.15, 0.2) is 17.8 Å². The SMILES string of the molecule is O=Cc1ccc(Sc2ccc3c(c2)OCCO3)c2ccccc12. The van der Waals surface area contributed by atoms with Crippen molar-refractivity contribution in [2.24, 2.45) is 0 Å². The summed E-state index contributed by atoms with van der Waals surface area (Å²) in [6.45, 7) is 1.18. The van der Waals surface area contributed by atoms with Crippen LogP contribution in [0.25, 0.3) is 10.8 Å². The van der Waals surface area contributed by atoms with E-state index in [0.29, 0.717) is 18.8 Å². The zero-order valence-electron chi connectivity index (χ0n) is 12.3. The second-order valence-corrected chi connectivity index (χ2v) is 6.34. The predicted octanol–water partition coefficient (Wildman–Crippen LogP) is 4.57. The number of carbonyl (C=O) groups is 1. The van der Waals surface area contributed by atoms with Gasteiger partial charge >= 0.3 is 0 Å². The van der Waals surface area contributed by atoms with Crippen LogP contribution in [-0.2, 0) is 0 Å². The highest BCUT2D eigenvalue weighted by Crippen LogP contribution is 2.39. The van der Waals surface area contributed by atoms with Crippen LogP contribution in [0.2, 0.25) is 0 Å². The molecular weight excluding hydrogens is 308 g/mol. The number of aldehydes is 1. The monoisotopic (exact) mass is 322 g/mol. The molecule has 23 heavy (non-hydrogen) atoms. The van der Waals surface area contributed by atoms with Gasteiger partial charge in [-0.3, -0.25) is 4.79 Å². The molecule has 0 N–H and O–H groups in total. The summed E-state index contributed by atoms with van der Waals surface area (Å²) in [6, 6.07) is 17.8. The second-order valence-electron chi connectivity index (χ2n) is 5.22. The van der Waals surface area contributed by atoms with E-state index in [4.69, 9.17) is 9.47 Å². The molecule has 4 heteroatoms. The van der Waals surface area contributed by atoms with Crippen LogP contribution >= 0.6 is 11.8 Å². The molecule has 1 heterocycles. The van der Waals surface area contributed by atoms with Gasteiger partial charge in [0.1, 0.15) is 13.2 Å². The summed E-state index contributed by atoms with van der Waals surface area (Å²) in [7, 11) is 0. The van der Waals surface area contributed by atoms with Crippen molar-refractivity contribution in [3.05, 3.63) is 60.2 Å². The minimum Gasteiger partial charge on any atom is -0.486 e. The average Bonchev–Trinajstić information content (AvgIpc) is 2.62. The highest BCUT2D eigenvalue weighted by Gasteiger charge is 2.13. The van der Waals surface area contributed by atoms with Crippen LogP contribution in [0.15, 0.2) is 64.4 Å². The van der Waals surface area contributed by atoms with Gasteiger partial charge in [-0.25, -0.2) is 0 Å². The Labute approximate surface area is 138 Å². The zero-order chi connectivity index (χ0) is 15.6. The third kappa shape index (κ3) is 2.66. The number of fused-ring (bicyclic) bond motifs is 2. The predicted molar refractivity (Wildman–Crippen MR) is 90.9 cm³/mol. The number of rotatable bonds is 3. The molecule has 0 saturated carbocycles. The normalized spacial score (nSPS) is 13.0. The quantitative estimate of drug-likeness (QED) is 0.662. The van der Waals surface area contributed by atoms with Crippen molar-refractivity contribution in [3.63, 3.8) is 0 Å². The van der Waals surface area contributed by atoms with E-state index in [2.05, 4.69) is 0 Å². The number of hydrogen-bond acceptors (Lipinski definition) is 4. The fraction of sp³-hybridized carbons (Fsp3) is 0.105. The van der Waals surface area contributed by atoms with Crippen LogP contribution in [0.4, 0.5) is 0 Å². The number of ether oxygens (including phenoxy) is 2. The van der Waals surface area contributed by atoms with Crippen LogP contribution < -0.4 is 9.47 Å². The van der Waals surface area contributed by atoms with E-state index in [0.717, 1.165) is 38.3 Å². The Morgan fingerprint density at radius 3 is 2.48 bits per heavy atom. The standard InChI is InChI=1S/C19H14O3S/c20-12-13-5-8-19(16-4-2-1-3-15(13)16)23-14-6-7-17-18(11-14)22-10-9-21-17/h1-8,11-12H,9-10H2. The molecule has 0 spiro atoms. The van der Waals surface area contributed by atoms with E-state index in [1.807, 2.05) is 54.6 Å². The summed E-state index contributed by atoms with van der Waals surface area (Å²) >= 11 is 1.66. The van der Waals surface area contributed by atoms with E-state index in [9.17, 15) is 4.79 Å². The smallest absolute Gasteiger partial charge is 0.162 e. The molecule has 0 atom stereocenters. The topological polar surface area (TPSA) is 35.5 Å². The highest BCUT2D eigenvalue weighted by atomic mass is 32.2. The lowest BCUT2D eigenvalue weighted by Crippen LogP contribution is -2.15. The summed E-state index contributed by atoms with van der Waals surface area (Å²) in [5.41, 5.74) is 0.715. The minimum absolute atomic E-state index is 0.581. The van der Waals surface area contributed by atoms with Gasteiger partial charge in [-0.05, 0) is 41.1 Å². The van der Waals surface area contributed by atoms with E-state index >= 15 is 0 Å². The van der Waals surface area contributed by atoms with Gasteiger partial charge < -0.3 is 9.47 Å². The zero-order valence-corrected chi connectivity index (χ0v) is 13.1. The van der Waals surface area contributed by atoms with E-state index < -0.39 is 0 Å². The van der Waals surface area contributed by atoms with Crippen molar-refractivity contribution >= 4 is 28.8 Å². The lowest BCUT2D eigenvalue weighted by Gasteiger charge is -2.18. The Morgan fingerprint density at radius 1 is 0.870 bits per heavy atom. The molecule has 0 radical (unpaired) electrons. The van der Waals surface area contributed by atoms with Gasteiger partial charge in [0.05, 0.1) is 0 Å². The molecule has 4 rings (SSSR count). The third-order valence-electron chi connectivity index (χ3n) is 3.79. The maximum Gasteiger partial charge on any atom is 0.162 e. The van der Waals surface area contributed by atoms with Gasteiger partial charge in [-0.2, -0.15) is 0 Å². The van der Waals surface area contributed by atoms with Gasteiger partial charge in [0.2, 0.25) is 0 Å². The lowest BCUT2D eigenvalue weighted by molar-refractivity contribution is 0.112. The summed E-state index contributed by atoms with van der Waals surface area (Å²) in [4.78, 5) is 13.4. The summed E-state index contributed by atoms with van der Waals surface area (Å²) in [6.07, 6.45) is 0.904. The Morgan fingerprint density at radius 2 is 1.65 bits per heavy atom. The maximum atomic E-state index is 11.2. The number of benzene rings is 3. The fourth-order valence-electron chi connectivity index (χ4n) is 2.70. The van der Waals surface area contributed by atoms with Gasteiger partial charge in [0.25, 0.3) is 0 Å². The largest absolute Gasteiger partial charge is 0.486 e. The van der Waals surface area contributed by atoms with Gasteiger partial charge in [-0.15, -0.1) is 0 Å². The molecule has 0 aliphatic carbocycles. The third-order valence-corrected chi connectivity index (χ3v) is 4.85. The average molecular weight is 322 g/mol. The first-order chi connectivity index (χ1) is 11.3. The van der Waals surface area contributed by atoms with E-state index in [1.54, 1.807) is 11.8 Å². The Hall–Kier alpha value is -2.46. The lowest BCUT2D eigenvalue weighted by atomic mass is 10.1. The molecule has 0 bridgehead atoms. The molecule has 1 aliphatic heterocycles. The van der Waals surface area contributed by atoms with Crippen LogP contribution in [0.1, 0.15) is 10.4 Å². The Bertz CT molecular complexity index is 889. The van der Waals surface area contributed by atoms with Crippen molar-refractivity contribution in [2.75, 3.05) is 13.2 Å². The van der Waals surface area contributed by atoms with Crippen LogP contribution in [0.3, 0.4) is 0 Å². The molecule has 0 aromatic heterocycles. The molecule has 3 aromatic carbocycles. The van der Waals surface area contributed by atoms with Crippen LogP contribution in [0.5, 0.6) is 11.5 Å². The maximum absolute atomic E-state index is 11.2. The second kappa shape index (κ2) is 5.97. The molecule has 3 nitrogen and oxygen atoms in total. The Balaban J connectivity index is 1.74. The first-order valence-corrected chi connectivity index (χ1v) is 8.21. The van der Waals surface area contributed by atoms with Crippen molar-refractivity contribution < 1.29 is 14.3 Å². The number of carbonyl (C=O) groups excluding carboxylic acids is 1. The molecule has 114 valence electrons. The van der Waals surface area contributed by atoms with Crippen LogP contribution in [-0.4, -0.2) is 19.5 Å². The van der Waals surface area contributed by atoms with Gasteiger partial charge in [-0.1, -0.05) is 36.0 Å². The molecule has 1 aliphatic rings. The summed E-state index contributed by atoms with van der Waals surface area (Å²) in [5, 5.41) is 2.06. The minimum atomic E-state index is 0.581. The fourth-order valence-corrected chi connectivity index (χ4v) is 3.68. The highest BCUT2D eigenvalue weighted by molar-refractivity contribution is 7.99. The molecule has 0 fully saturated rings. The molecule has 3 aromatic rings. The summed E-state index contributed by atoms with van der Waals surface area (Å²) in [5.74, 6) is 1.58. The first kappa shape index (κ1) is 14.2. The van der Waals surface area contributed by atoms with Gasteiger partial charge in [0, 0.05) is 15.4 Å². The van der Waals surface area contributed by atoms with Crippen molar-refractivity contribution in [3.8, 4) is 11.5 Å². The first-order valence-electron chi connectivity index (χ1n) is 7.39.